The zero-order valence-corrected chi connectivity index (χ0v) is 8.37. The summed E-state index contributed by atoms with van der Waals surface area (Å²) in [6.45, 7) is 2.25. The van der Waals surface area contributed by atoms with Crippen LogP contribution in [0.1, 0.15) is 11.4 Å². The molecule has 0 amide bonds. The number of aromatic nitrogens is 4. The van der Waals surface area contributed by atoms with Gasteiger partial charge in [0.15, 0.2) is 5.82 Å². The van der Waals surface area contributed by atoms with Crippen LogP contribution >= 0.6 is 0 Å². The number of nitrogens with zero attached hydrogens (tertiary/aromatic N) is 4. The van der Waals surface area contributed by atoms with Gasteiger partial charge in [0.1, 0.15) is 13.2 Å². The molecular weight excluding hydrogens is 192 g/mol. The highest BCUT2D eigenvalue weighted by Gasteiger charge is 2.05. The molecule has 0 aliphatic heterocycles. The Kier molecular flexibility index (Phi) is 3.04. The standard InChI is InChI=1S/C10H11N4O/c1-15-8-10-11-12-13-14(10)7-9-5-3-2-4-6-9/h2-7H,8H2,1H3. The lowest BCUT2D eigenvalue weighted by Gasteiger charge is -2.02. The Hall–Kier alpha value is -1.75. The molecule has 0 aliphatic carbocycles. The van der Waals surface area contributed by atoms with E-state index in [0.717, 1.165) is 5.56 Å². The number of tetrazole rings is 1. The Morgan fingerprint density at radius 1 is 1.33 bits per heavy atom. The molecule has 1 heterocycles. The molecule has 0 aliphatic rings. The third-order valence-electron chi connectivity index (χ3n) is 1.91. The quantitative estimate of drug-likeness (QED) is 0.740. The van der Waals surface area contributed by atoms with Gasteiger partial charge in [-0.3, -0.25) is 0 Å². The number of hydrogen-bond acceptors (Lipinski definition) is 4. The third-order valence-corrected chi connectivity index (χ3v) is 1.91. The van der Waals surface area contributed by atoms with Crippen LogP contribution < -0.4 is 0 Å². The Bertz CT molecular complexity index is 412. The van der Waals surface area contributed by atoms with Gasteiger partial charge in [-0.15, -0.1) is 5.10 Å². The predicted molar refractivity (Wildman–Crippen MR) is 53.8 cm³/mol. The van der Waals surface area contributed by atoms with Crippen molar-refractivity contribution in [1.82, 2.24) is 20.2 Å². The third kappa shape index (κ3) is 2.38. The largest absolute Gasteiger partial charge is 0.377 e. The highest BCUT2D eigenvalue weighted by Crippen LogP contribution is 2.05. The van der Waals surface area contributed by atoms with Crippen molar-refractivity contribution in [1.29, 1.82) is 0 Å². The first-order chi connectivity index (χ1) is 7.40. The van der Waals surface area contributed by atoms with E-state index >= 15 is 0 Å². The smallest absolute Gasteiger partial charge is 0.177 e. The van der Waals surface area contributed by atoms with Crippen molar-refractivity contribution in [2.75, 3.05) is 7.11 Å². The van der Waals surface area contributed by atoms with Gasteiger partial charge in [-0.25, -0.2) is 4.68 Å². The molecule has 2 rings (SSSR count). The minimum atomic E-state index is 0.399. The summed E-state index contributed by atoms with van der Waals surface area (Å²) >= 11 is 0. The Balaban J connectivity index is 2.14. The number of rotatable bonds is 4. The molecule has 5 heteroatoms. The van der Waals surface area contributed by atoms with Crippen molar-refractivity contribution in [3.05, 3.63) is 48.3 Å². The number of hydrogen-bond donors (Lipinski definition) is 0. The van der Waals surface area contributed by atoms with E-state index in [1.807, 2.05) is 36.9 Å². The van der Waals surface area contributed by atoms with E-state index in [4.69, 9.17) is 4.74 Å². The lowest BCUT2D eigenvalue weighted by molar-refractivity contribution is 0.175. The minimum Gasteiger partial charge on any atom is -0.377 e. The van der Waals surface area contributed by atoms with Crippen LogP contribution in [-0.2, 0) is 11.3 Å². The van der Waals surface area contributed by atoms with Gasteiger partial charge < -0.3 is 4.74 Å². The zero-order chi connectivity index (χ0) is 10.5. The monoisotopic (exact) mass is 203 g/mol. The molecule has 5 nitrogen and oxygen atoms in total. The molecule has 0 atom stereocenters. The van der Waals surface area contributed by atoms with E-state index in [2.05, 4.69) is 15.5 Å². The van der Waals surface area contributed by atoms with Gasteiger partial charge >= 0.3 is 0 Å². The van der Waals surface area contributed by atoms with Crippen LogP contribution in [0.15, 0.2) is 30.3 Å². The molecule has 0 saturated heterocycles. The second-order valence-electron chi connectivity index (χ2n) is 3.01. The van der Waals surface area contributed by atoms with E-state index in [0.29, 0.717) is 12.4 Å². The molecule has 0 unspecified atom stereocenters. The van der Waals surface area contributed by atoms with Gasteiger partial charge in [0.25, 0.3) is 0 Å². The van der Waals surface area contributed by atoms with Gasteiger partial charge in [0.05, 0.1) is 0 Å². The molecule has 1 radical (unpaired) electrons. The fourth-order valence-corrected chi connectivity index (χ4v) is 1.22. The van der Waals surface area contributed by atoms with Crippen molar-refractivity contribution in [3.63, 3.8) is 0 Å². The molecule has 0 spiro atoms. The van der Waals surface area contributed by atoms with Crippen LogP contribution in [0.5, 0.6) is 0 Å². The molecule has 1 aromatic heterocycles. The van der Waals surface area contributed by atoms with Crippen LogP contribution in [-0.4, -0.2) is 27.3 Å². The molecule has 0 saturated carbocycles. The summed E-state index contributed by atoms with van der Waals surface area (Å²) in [4.78, 5) is 0. The summed E-state index contributed by atoms with van der Waals surface area (Å²) in [5, 5.41) is 11.3. The molecule has 0 fully saturated rings. The Labute approximate surface area is 87.7 Å². The van der Waals surface area contributed by atoms with E-state index in [-0.39, 0.29) is 0 Å². The maximum atomic E-state index is 4.98. The maximum Gasteiger partial charge on any atom is 0.177 e. The van der Waals surface area contributed by atoms with Crippen molar-refractivity contribution < 1.29 is 4.74 Å². The zero-order valence-electron chi connectivity index (χ0n) is 8.37. The number of ether oxygens (including phenoxy) is 1. The average Bonchev–Trinajstić information content (AvgIpc) is 2.68. The summed E-state index contributed by atoms with van der Waals surface area (Å²) in [7, 11) is 1.61. The Morgan fingerprint density at radius 2 is 2.13 bits per heavy atom. The molecule has 77 valence electrons. The van der Waals surface area contributed by atoms with Crippen molar-refractivity contribution in [2.45, 2.75) is 6.61 Å². The fraction of sp³-hybridized carbons (Fsp3) is 0.200. The highest BCUT2D eigenvalue weighted by atomic mass is 16.5. The SMILES string of the molecule is COCc1nnnn1[CH]c1ccccc1. The molecule has 15 heavy (non-hydrogen) atoms. The van der Waals surface area contributed by atoms with Gasteiger partial charge in [-0.1, -0.05) is 30.3 Å². The Morgan fingerprint density at radius 3 is 2.87 bits per heavy atom. The first kappa shape index (κ1) is 9.79. The fourth-order valence-electron chi connectivity index (χ4n) is 1.22. The molecule has 0 N–H and O–H groups in total. The summed E-state index contributed by atoms with van der Waals surface area (Å²) in [5.74, 6) is 0.682. The van der Waals surface area contributed by atoms with E-state index < -0.39 is 0 Å². The summed E-state index contributed by atoms with van der Waals surface area (Å²) in [6.07, 6.45) is 0. The van der Waals surface area contributed by atoms with Crippen molar-refractivity contribution in [3.8, 4) is 0 Å². The summed E-state index contributed by atoms with van der Waals surface area (Å²) < 4.78 is 6.59. The maximum absolute atomic E-state index is 4.98. The minimum absolute atomic E-state index is 0.399. The van der Waals surface area contributed by atoms with E-state index in [1.165, 1.54) is 0 Å². The van der Waals surface area contributed by atoms with Crippen LogP contribution in [0.3, 0.4) is 0 Å². The average molecular weight is 203 g/mol. The van der Waals surface area contributed by atoms with Gasteiger partial charge in [0.2, 0.25) is 0 Å². The van der Waals surface area contributed by atoms with E-state index in [9.17, 15) is 0 Å². The second kappa shape index (κ2) is 4.65. The van der Waals surface area contributed by atoms with Crippen LogP contribution in [0, 0.1) is 6.54 Å². The number of methoxy groups -OCH3 is 1. The number of benzene rings is 1. The van der Waals surface area contributed by atoms with Crippen LogP contribution in [0.2, 0.25) is 0 Å². The van der Waals surface area contributed by atoms with Crippen molar-refractivity contribution in [2.24, 2.45) is 0 Å². The second-order valence-corrected chi connectivity index (χ2v) is 3.01. The molecular formula is C10H11N4O. The molecule has 1 aromatic carbocycles. The predicted octanol–water partition coefficient (Wildman–Crippen LogP) is 0.878. The highest BCUT2D eigenvalue weighted by molar-refractivity contribution is 5.22. The summed E-state index contributed by atoms with van der Waals surface area (Å²) in [5.41, 5.74) is 1.04. The van der Waals surface area contributed by atoms with Gasteiger partial charge in [-0.2, -0.15) is 0 Å². The summed E-state index contributed by atoms with van der Waals surface area (Å²) in [6, 6.07) is 9.86. The lowest BCUT2D eigenvalue weighted by atomic mass is 10.2. The first-order valence-electron chi connectivity index (χ1n) is 4.56. The van der Waals surface area contributed by atoms with E-state index in [1.54, 1.807) is 11.8 Å². The normalized spacial score (nSPS) is 10.5. The van der Waals surface area contributed by atoms with Gasteiger partial charge in [0, 0.05) is 7.11 Å². The lowest BCUT2D eigenvalue weighted by Crippen LogP contribution is -2.05. The van der Waals surface area contributed by atoms with Crippen LogP contribution in [0.25, 0.3) is 0 Å². The molecule has 0 bridgehead atoms. The van der Waals surface area contributed by atoms with Crippen molar-refractivity contribution >= 4 is 0 Å². The topological polar surface area (TPSA) is 52.8 Å². The first-order valence-corrected chi connectivity index (χ1v) is 4.56. The van der Waals surface area contributed by atoms with Gasteiger partial charge in [-0.05, 0) is 16.0 Å². The van der Waals surface area contributed by atoms with Crippen LogP contribution in [0.4, 0.5) is 0 Å². The molecule has 2 aromatic rings.